The van der Waals surface area contributed by atoms with E-state index in [1.165, 1.54) is 10.6 Å². The molecule has 1 aliphatic rings. The van der Waals surface area contributed by atoms with Crippen LogP contribution in [-0.2, 0) is 6.54 Å². The van der Waals surface area contributed by atoms with E-state index in [0.717, 1.165) is 49.0 Å². The second-order valence-corrected chi connectivity index (χ2v) is 8.61. The predicted molar refractivity (Wildman–Crippen MR) is 141 cm³/mol. The highest BCUT2D eigenvalue weighted by atomic mass is 127. The Bertz CT molecular complexity index is 975. The van der Waals surface area contributed by atoms with Crippen molar-refractivity contribution in [3.05, 3.63) is 64.8 Å². The largest absolute Gasteiger partial charge is 0.363 e. The van der Waals surface area contributed by atoms with Crippen LogP contribution in [0.25, 0.3) is 5.69 Å². The van der Waals surface area contributed by atoms with E-state index in [1.54, 1.807) is 0 Å². The number of para-hydroxylation sites is 1. The SMILES string of the molecule is CN=C(NCc1c(C)nn(-c2ccccc2)c1C)NC1CCN(c2cccs2)CC1.I. The maximum absolute atomic E-state index is 4.74. The van der Waals surface area contributed by atoms with Gasteiger partial charge >= 0.3 is 0 Å². The lowest BCUT2D eigenvalue weighted by Crippen LogP contribution is -2.48. The predicted octanol–water partition coefficient (Wildman–Crippen LogP) is 4.50. The van der Waals surface area contributed by atoms with E-state index in [9.17, 15) is 0 Å². The van der Waals surface area contributed by atoms with Crippen molar-refractivity contribution in [1.82, 2.24) is 20.4 Å². The third-order valence-electron chi connectivity index (χ3n) is 5.75. The van der Waals surface area contributed by atoms with Gasteiger partial charge in [-0.15, -0.1) is 35.3 Å². The highest BCUT2D eigenvalue weighted by Crippen LogP contribution is 2.24. The molecule has 1 saturated heterocycles. The minimum Gasteiger partial charge on any atom is -0.363 e. The van der Waals surface area contributed by atoms with Crippen LogP contribution >= 0.6 is 35.3 Å². The van der Waals surface area contributed by atoms with Crippen LogP contribution in [0, 0.1) is 13.8 Å². The van der Waals surface area contributed by atoms with Crippen LogP contribution in [0.4, 0.5) is 5.00 Å². The zero-order chi connectivity index (χ0) is 20.9. The maximum atomic E-state index is 4.74. The molecule has 0 spiro atoms. The maximum Gasteiger partial charge on any atom is 0.191 e. The third-order valence-corrected chi connectivity index (χ3v) is 6.68. The molecule has 3 heterocycles. The lowest BCUT2D eigenvalue weighted by Gasteiger charge is -2.33. The lowest BCUT2D eigenvalue weighted by atomic mass is 10.1. The monoisotopic (exact) mass is 550 g/mol. The minimum atomic E-state index is 0. The molecule has 4 rings (SSSR count). The Morgan fingerprint density at radius 2 is 1.87 bits per heavy atom. The first-order valence-corrected chi connectivity index (χ1v) is 11.4. The van der Waals surface area contributed by atoms with Gasteiger partial charge in [-0.25, -0.2) is 4.68 Å². The molecule has 0 saturated carbocycles. The summed E-state index contributed by atoms with van der Waals surface area (Å²) in [6, 6.07) is 15.1. The van der Waals surface area contributed by atoms with Gasteiger partial charge in [0.2, 0.25) is 0 Å². The topological polar surface area (TPSA) is 57.5 Å². The van der Waals surface area contributed by atoms with Gasteiger partial charge in [0, 0.05) is 44.0 Å². The third kappa shape index (κ3) is 5.60. The highest BCUT2D eigenvalue weighted by molar-refractivity contribution is 14.0. The molecule has 1 fully saturated rings. The van der Waals surface area contributed by atoms with Crippen molar-refractivity contribution in [2.24, 2.45) is 4.99 Å². The molecule has 2 N–H and O–H groups in total. The minimum absolute atomic E-state index is 0. The second kappa shape index (κ2) is 11.0. The van der Waals surface area contributed by atoms with Gasteiger partial charge < -0.3 is 15.5 Å². The van der Waals surface area contributed by atoms with Crippen molar-refractivity contribution < 1.29 is 0 Å². The number of aromatic nitrogens is 2. The molecule has 1 aliphatic heterocycles. The summed E-state index contributed by atoms with van der Waals surface area (Å²) in [7, 11) is 1.84. The summed E-state index contributed by atoms with van der Waals surface area (Å²) in [5.74, 6) is 0.857. The standard InChI is InChI=1S/C23H30N6S.HI/c1-17-21(18(2)29(27-17)20-8-5-4-6-9-20)16-25-23(24-3)26-19-11-13-28(14-12-19)22-10-7-15-30-22;/h4-10,15,19H,11-14,16H2,1-3H3,(H2,24,25,26);1H. The normalized spacial score (nSPS) is 14.9. The fourth-order valence-electron chi connectivity index (χ4n) is 4.01. The van der Waals surface area contributed by atoms with Crippen molar-refractivity contribution in [1.29, 1.82) is 0 Å². The number of guanidine groups is 1. The molecule has 0 bridgehead atoms. The number of rotatable bonds is 5. The van der Waals surface area contributed by atoms with Crippen LogP contribution in [0.15, 0.2) is 52.8 Å². The van der Waals surface area contributed by atoms with E-state index >= 15 is 0 Å². The Morgan fingerprint density at radius 3 is 2.52 bits per heavy atom. The van der Waals surface area contributed by atoms with Crippen molar-refractivity contribution in [2.75, 3.05) is 25.0 Å². The first-order chi connectivity index (χ1) is 14.7. The molecule has 8 heteroatoms. The van der Waals surface area contributed by atoms with Crippen LogP contribution in [0.2, 0.25) is 0 Å². The van der Waals surface area contributed by atoms with Gasteiger partial charge in [-0.1, -0.05) is 18.2 Å². The Hall–Kier alpha value is -2.07. The molecule has 0 aliphatic carbocycles. The lowest BCUT2D eigenvalue weighted by molar-refractivity contribution is 0.462. The van der Waals surface area contributed by atoms with Crippen LogP contribution in [-0.4, -0.2) is 41.9 Å². The summed E-state index contributed by atoms with van der Waals surface area (Å²) in [5, 5.41) is 15.4. The summed E-state index contributed by atoms with van der Waals surface area (Å²) >= 11 is 1.82. The first kappa shape index (κ1) is 23.6. The first-order valence-electron chi connectivity index (χ1n) is 10.5. The summed E-state index contributed by atoms with van der Waals surface area (Å²) < 4.78 is 2.02. The Balaban J connectivity index is 0.00000272. The molecule has 0 atom stereocenters. The number of aryl methyl sites for hydroxylation is 1. The summed E-state index contributed by atoms with van der Waals surface area (Å²) in [5.41, 5.74) is 4.51. The number of hydrogen-bond acceptors (Lipinski definition) is 4. The molecule has 1 aromatic carbocycles. The molecule has 6 nitrogen and oxygen atoms in total. The molecular weight excluding hydrogens is 519 g/mol. The average molecular weight is 551 g/mol. The fourth-order valence-corrected chi connectivity index (χ4v) is 4.79. The number of anilines is 1. The van der Waals surface area contributed by atoms with Crippen LogP contribution in [0.5, 0.6) is 0 Å². The van der Waals surface area contributed by atoms with Gasteiger partial charge in [-0.05, 0) is 56.3 Å². The van der Waals surface area contributed by atoms with E-state index in [4.69, 9.17) is 5.10 Å². The molecule has 166 valence electrons. The van der Waals surface area contributed by atoms with Gasteiger partial charge in [0.05, 0.1) is 16.4 Å². The van der Waals surface area contributed by atoms with E-state index in [2.05, 4.69) is 64.0 Å². The van der Waals surface area contributed by atoms with E-state index in [-0.39, 0.29) is 24.0 Å². The summed E-state index contributed by atoms with van der Waals surface area (Å²) in [6.45, 7) is 7.06. The number of halogens is 1. The molecule has 0 unspecified atom stereocenters. The Kier molecular flexibility index (Phi) is 8.36. The Labute approximate surface area is 205 Å². The van der Waals surface area contributed by atoms with Crippen LogP contribution in [0.1, 0.15) is 29.8 Å². The van der Waals surface area contributed by atoms with Gasteiger partial charge in [0.15, 0.2) is 5.96 Å². The zero-order valence-corrected chi connectivity index (χ0v) is 21.5. The molecule has 31 heavy (non-hydrogen) atoms. The van der Waals surface area contributed by atoms with Gasteiger partial charge in [0.25, 0.3) is 0 Å². The fraction of sp³-hybridized carbons (Fsp3) is 0.391. The van der Waals surface area contributed by atoms with E-state index in [1.807, 2.05) is 41.3 Å². The van der Waals surface area contributed by atoms with Crippen LogP contribution < -0.4 is 15.5 Å². The van der Waals surface area contributed by atoms with Crippen molar-refractivity contribution in [3.63, 3.8) is 0 Å². The second-order valence-electron chi connectivity index (χ2n) is 7.68. The van der Waals surface area contributed by atoms with Crippen molar-refractivity contribution in [2.45, 2.75) is 39.3 Å². The van der Waals surface area contributed by atoms with Crippen molar-refractivity contribution >= 4 is 46.3 Å². The highest BCUT2D eigenvalue weighted by Gasteiger charge is 2.21. The van der Waals surface area contributed by atoms with E-state index < -0.39 is 0 Å². The number of nitrogens with zero attached hydrogens (tertiary/aromatic N) is 4. The number of thiophene rings is 1. The quantitative estimate of drug-likeness (QED) is 0.279. The number of nitrogens with one attached hydrogen (secondary N) is 2. The summed E-state index contributed by atoms with van der Waals surface area (Å²) in [6.07, 6.45) is 2.23. The molecule has 3 aromatic rings. The molecule has 0 amide bonds. The Morgan fingerprint density at radius 1 is 1.13 bits per heavy atom. The zero-order valence-electron chi connectivity index (χ0n) is 18.3. The van der Waals surface area contributed by atoms with Gasteiger partial charge in [0.1, 0.15) is 0 Å². The molecule has 0 radical (unpaired) electrons. The van der Waals surface area contributed by atoms with Gasteiger partial charge in [-0.3, -0.25) is 4.99 Å². The van der Waals surface area contributed by atoms with Crippen LogP contribution in [0.3, 0.4) is 0 Å². The number of hydrogen-bond donors (Lipinski definition) is 2. The van der Waals surface area contributed by atoms with E-state index in [0.29, 0.717) is 12.6 Å². The number of aliphatic imine (C=N–C) groups is 1. The molecule has 2 aromatic heterocycles. The number of piperidine rings is 1. The summed E-state index contributed by atoms with van der Waals surface area (Å²) in [4.78, 5) is 6.92. The number of benzene rings is 1. The average Bonchev–Trinajstić information content (AvgIpc) is 3.41. The molecular formula is C23H31IN6S. The van der Waals surface area contributed by atoms with Gasteiger partial charge in [-0.2, -0.15) is 5.10 Å². The smallest absolute Gasteiger partial charge is 0.191 e. The van der Waals surface area contributed by atoms with Crippen molar-refractivity contribution in [3.8, 4) is 5.69 Å².